The number of aromatic amines is 1. The second-order valence-electron chi connectivity index (χ2n) is 3.97. The summed E-state index contributed by atoms with van der Waals surface area (Å²) in [6, 6.07) is 6.01. The van der Waals surface area contributed by atoms with Crippen molar-refractivity contribution in [2.75, 3.05) is 6.54 Å². The minimum absolute atomic E-state index is 0.0713. The van der Waals surface area contributed by atoms with E-state index in [-0.39, 0.29) is 19.0 Å². The van der Waals surface area contributed by atoms with E-state index in [1.165, 1.54) is 18.3 Å². The van der Waals surface area contributed by atoms with Crippen LogP contribution in [0.1, 0.15) is 21.6 Å². The van der Waals surface area contributed by atoms with Gasteiger partial charge in [0.25, 0.3) is 5.91 Å². The van der Waals surface area contributed by atoms with Crippen molar-refractivity contribution in [2.45, 2.75) is 6.54 Å². The number of carbonyl (C=O) groups is 1. The second kappa shape index (κ2) is 6.50. The molecular weight excluding hydrogens is 259 g/mol. The van der Waals surface area contributed by atoms with Crippen molar-refractivity contribution in [3.05, 3.63) is 53.1 Å². The van der Waals surface area contributed by atoms with Gasteiger partial charge in [-0.1, -0.05) is 11.8 Å². The molecule has 0 aliphatic carbocycles. The summed E-state index contributed by atoms with van der Waals surface area (Å²) in [4.78, 5) is 11.7. The summed E-state index contributed by atoms with van der Waals surface area (Å²) in [5.74, 6) is 4.77. The van der Waals surface area contributed by atoms with E-state index in [1.54, 1.807) is 12.1 Å². The molecule has 1 aromatic carbocycles. The van der Waals surface area contributed by atoms with Crippen molar-refractivity contribution in [1.82, 2.24) is 15.5 Å². The number of aromatic nitrogens is 2. The van der Waals surface area contributed by atoms with Crippen LogP contribution in [0.15, 0.2) is 30.5 Å². The highest BCUT2D eigenvalue weighted by Crippen LogP contribution is 2.10. The van der Waals surface area contributed by atoms with Crippen LogP contribution >= 0.6 is 0 Å². The molecule has 20 heavy (non-hydrogen) atoms. The average molecular weight is 272 g/mol. The van der Waals surface area contributed by atoms with E-state index in [9.17, 15) is 9.18 Å². The Bertz CT molecular complexity index is 656. The fraction of sp³-hybridized carbons (Fsp3) is 0.143. The number of H-pyrrole nitrogens is 1. The van der Waals surface area contributed by atoms with Gasteiger partial charge >= 0.3 is 0 Å². The Balaban J connectivity index is 2.07. The number of nitrogens with two attached hydrogens (primary N) is 1. The molecule has 0 spiro atoms. The summed E-state index contributed by atoms with van der Waals surface area (Å²) in [7, 11) is 0. The Labute approximate surface area is 115 Å². The minimum Gasteiger partial charge on any atom is -0.347 e. The molecule has 6 heteroatoms. The lowest BCUT2D eigenvalue weighted by atomic mass is 10.1. The van der Waals surface area contributed by atoms with Crippen LogP contribution in [0.5, 0.6) is 0 Å². The van der Waals surface area contributed by atoms with Crippen LogP contribution in [0.3, 0.4) is 0 Å². The van der Waals surface area contributed by atoms with Gasteiger partial charge in [-0.05, 0) is 24.3 Å². The first kappa shape index (κ1) is 13.8. The predicted octanol–water partition coefficient (Wildman–Crippen LogP) is 0.789. The molecule has 0 aliphatic rings. The highest BCUT2D eigenvalue weighted by atomic mass is 19.1. The maximum absolute atomic E-state index is 13.6. The first-order chi connectivity index (χ1) is 9.70. The molecule has 2 aromatic rings. The molecule has 1 amide bonds. The van der Waals surface area contributed by atoms with Crippen molar-refractivity contribution >= 4 is 5.91 Å². The highest BCUT2D eigenvalue weighted by molar-refractivity contribution is 5.92. The molecule has 102 valence electrons. The van der Waals surface area contributed by atoms with Crippen molar-refractivity contribution < 1.29 is 9.18 Å². The zero-order chi connectivity index (χ0) is 14.4. The summed E-state index contributed by atoms with van der Waals surface area (Å²) in [5, 5.41) is 8.81. The number of halogens is 1. The van der Waals surface area contributed by atoms with Gasteiger partial charge in [0.15, 0.2) is 0 Å². The van der Waals surface area contributed by atoms with E-state index < -0.39 is 5.82 Å². The van der Waals surface area contributed by atoms with Crippen LogP contribution in [0.2, 0.25) is 0 Å². The van der Waals surface area contributed by atoms with E-state index in [0.717, 1.165) is 0 Å². The predicted molar refractivity (Wildman–Crippen MR) is 72.1 cm³/mol. The van der Waals surface area contributed by atoms with Gasteiger partial charge < -0.3 is 11.1 Å². The SMILES string of the molecule is NCC#Cc1ccc(F)c(CNC(=O)c2ccn[nH]2)c1. The Hall–Kier alpha value is -2.65. The van der Waals surface area contributed by atoms with Gasteiger partial charge in [-0.2, -0.15) is 5.10 Å². The van der Waals surface area contributed by atoms with E-state index in [1.807, 2.05) is 0 Å². The number of rotatable bonds is 3. The van der Waals surface area contributed by atoms with E-state index in [0.29, 0.717) is 16.8 Å². The number of carbonyl (C=O) groups excluding carboxylic acids is 1. The van der Waals surface area contributed by atoms with Crippen molar-refractivity contribution in [3.8, 4) is 11.8 Å². The number of nitrogens with zero attached hydrogens (tertiary/aromatic N) is 1. The van der Waals surface area contributed by atoms with Crippen molar-refractivity contribution in [1.29, 1.82) is 0 Å². The molecule has 0 bridgehead atoms. The van der Waals surface area contributed by atoms with Crippen molar-refractivity contribution in [3.63, 3.8) is 0 Å². The largest absolute Gasteiger partial charge is 0.347 e. The number of hydrogen-bond donors (Lipinski definition) is 3. The van der Waals surface area contributed by atoms with Gasteiger partial charge in [-0.3, -0.25) is 9.89 Å². The fourth-order valence-electron chi connectivity index (χ4n) is 1.59. The monoisotopic (exact) mass is 272 g/mol. The Morgan fingerprint density at radius 3 is 3.00 bits per heavy atom. The lowest BCUT2D eigenvalue weighted by Gasteiger charge is -2.05. The average Bonchev–Trinajstić information content (AvgIpc) is 2.99. The topological polar surface area (TPSA) is 83.8 Å². The first-order valence-electron chi connectivity index (χ1n) is 5.95. The number of nitrogens with one attached hydrogen (secondary N) is 2. The molecule has 0 aliphatic heterocycles. The maximum atomic E-state index is 13.6. The third-order valence-corrected chi connectivity index (χ3v) is 2.57. The Morgan fingerprint density at radius 1 is 1.45 bits per heavy atom. The van der Waals surface area contributed by atoms with Crippen LogP contribution in [0.4, 0.5) is 4.39 Å². The van der Waals surface area contributed by atoms with Crippen LogP contribution in [-0.2, 0) is 6.54 Å². The summed E-state index contributed by atoms with van der Waals surface area (Å²) in [5.41, 5.74) is 6.62. The van der Waals surface area contributed by atoms with Gasteiger partial charge in [0.1, 0.15) is 11.5 Å². The second-order valence-corrected chi connectivity index (χ2v) is 3.97. The summed E-state index contributed by atoms with van der Waals surface area (Å²) in [6.45, 7) is 0.311. The van der Waals surface area contributed by atoms with Gasteiger partial charge in [0.2, 0.25) is 0 Å². The molecule has 0 unspecified atom stereocenters. The van der Waals surface area contributed by atoms with Gasteiger partial charge in [-0.25, -0.2) is 4.39 Å². The summed E-state index contributed by atoms with van der Waals surface area (Å²) >= 11 is 0. The third kappa shape index (κ3) is 3.43. The maximum Gasteiger partial charge on any atom is 0.269 e. The zero-order valence-corrected chi connectivity index (χ0v) is 10.6. The number of hydrogen-bond acceptors (Lipinski definition) is 3. The van der Waals surface area contributed by atoms with E-state index in [4.69, 9.17) is 5.73 Å². The molecule has 1 aromatic heterocycles. The smallest absolute Gasteiger partial charge is 0.269 e. The third-order valence-electron chi connectivity index (χ3n) is 2.57. The zero-order valence-electron chi connectivity index (χ0n) is 10.6. The molecule has 5 nitrogen and oxygen atoms in total. The van der Waals surface area contributed by atoms with Crippen LogP contribution in [0, 0.1) is 17.7 Å². The summed E-state index contributed by atoms with van der Waals surface area (Å²) in [6.07, 6.45) is 1.47. The van der Waals surface area contributed by atoms with Crippen molar-refractivity contribution in [2.24, 2.45) is 5.73 Å². The molecular formula is C14H13FN4O. The first-order valence-corrected chi connectivity index (χ1v) is 5.95. The Morgan fingerprint density at radius 2 is 2.30 bits per heavy atom. The summed E-state index contributed by atoms with van der Waals surface area (Å²) < 4.78 is 13.6. The number of amides is 1. The standard InChI is InChI=1S/C14H13FN4O/c15-12-4-3-10(2-1-6-16)8-11(12)9-17-14(20)13-5-7-18-19-13/h3-5,7-8H,6,9,16H2,(H,17,20)(H,18,19). The van der Waals surface area contributed by atoms with Gasteiger partial charge in [0.05, 0.1) is 6.54 Å². The fourth-order valence-corrected chi connectivity index (χ4v) is 1.59. The molecule has 1 heterocycles. The van der Waals surface area contributed by atoms with Gasteiger partial charge in [-0.15, -0.1) is 0 Å². The molecule has 0 atom stereocenters. The van der Waals surface area contributed by atoms with Crippen LogP contribution < -0.4 is 11.1 Å². The minimum atomic E-state index is -0.395. The molecule has 4 N–H and O–H groups in total. The lowest BCUT2D eigenvalue weighted by molar-refractivity contribution is 0.0945. The van der Waals surface area contributed by atoms with Gasteiger partial charge in [0, 0.05) is 23.9 Å². The molecule has 2 rings (SSSR count). The van der Waals surface area contributed by atoms with E-state index in [2.05, 4.69) is 27.4 Å². The molecule has 0 saturated carbocycles. The van der Waals surface area contributed by atoms with Crippen LogP contribution in [-0.4, -0.2) is 22.6 Å². The lowest BCUT2D eigenvalue weighted by Crippen LogP contribution is -2.23. The molecule has 0 radical (unpaired) electrons. The number of benzene rings is 1. The van der Waals surface area contributed by atoms with E-state index >= 15 is 0 Å². The Kier molecular flexibility index (Phi) is 4.47. The normalized spacial score (nSPS) is 9.70. The quantitative estimate of drug-likeness (QED) is 0.722. The van der Waals surface area contributed by atoms with Crippen LogP contribution in [0.25, 0.3) is 0 Å². The molecule has 0 fully saturated rings. The molecule has 0 saturated heterocycles. The highest BCUT2D eigenvalue weighted by Gasteiger charge is 2.08.